The number of pyridine rings is 1. The Morgan fingerprint density at radius 2 is 2.41 bits per heavy atom. The molecule has 2 rings (SSSR count). The van der Waals surface area contributed by atoms with Crippen molar-refractivity contribution in [1.82, 2.24) is 9.88 Å². The summed E-state index contributed by atoms with van der Waals surface area (Å²) >= 11 is 3.24. The minimum absolute atomic E-state index is 0.0685. The number of hydrogen-bond donors (Lipinski definition) is 0. The lowest BCUT2D eigenvalue weighted by molar-refractivity contribution is 0.187. The van der Waals surface area contributed by atoms with Gasteiger partial charge in [-0.3, -0.25) is 4.90 Å². The average molecular weight is 298 g/mol. The van der Waals surface area contributed by atoms with Crippen LogP contribution in [0.1, 0.15) is 18.5 Å². The maximum atomic E-state index is 13.5. The molecule has 2 heterocycles. The second-order valence-electron chi connectivity index (χ2n) is 4.27. The average Bonchev–Trinajstić information content (AvgIpc) is 2.34. The van der Waals surface area contributed by atoms with Crippen LogP contribution in [0.15, 0.2) is 16.7 Å². The van der Waals surface area contributed by atoms with Crippen molar-refractivity contribution in [2.45, 2.75) is 19.4 Å². The first-order valence-electron chi connectivity index (χ1n) is 5.62. The molecular formula is C12H13BrFN3. The van der Waals surface area contributed by atoms with E-state index in [1.807, 2.05) is 0 Å². The van der Waals surface area contributed by atoms with Gasteiger partial charge < -0.3 is 0 Å². The zero-order valence-electron chi connectivity index (χ0n) is 9.37. The second kappa shape index (κ2) is 5.56. The van der Waals surface area contributed by atoms with Crippen LogP contribution in [-0.4, -0.2) is 23.0 Å². The molecule has 0 aliphatic carbocycles. The molecule has 0 saturated carbocycles. The summed E-state index contributed by atoms with van der Waals surface area (Å²) < 4.78 is 14.2. The highest BCUT2D eigenvalue weighted by Gasteiger charge is 2.20. The van der Waals surface area contributed by atoms with E-state index in [1.54, 1.807) is 6.07 Å². The van der Waals surface area contributed by atoms with Gasteiger partial charge in [-0.15, -0.1) is 0 Å². The molecule has 3 nitrogen and oxygen atoms in total. The third-order valence-electron chi connectivity index (χ3n) is 2.95. The van der Waals surface area contributed by atoms with Gasteiger partial charge in [-0.25, -0.2) is 9.37 Å². The Balaban J connectivity index is 2.05. The Morgan fingerprint density at radius 3 is 3.18 bits per heavy atom. The third kappa shape index (κ3) is 3.24. The van der Waals surface area contributed by atoms with Crippen LogP contribution in [0, 0.1) is 23.1 Å². The van der Waals surface area contributed by atoms with E-state index in [2.05, 4.69) is 31.9 Å². The van der Waals surface area contributed by atoms with Crippen LogP contribution < -0.4 is 0 Å². The van der Waals surface area contributed by atoms with Crippen LogP contribution >= 0.6 is 15.9 Å². The molecule has 1 aliphatic heterocycles. The SMILES string of the molecule is N#CC1CCCN(Cc2nc(Br)ccc2F)C1. The number of halogens is 2. The lowest BCUT2D eigenvalue weighted by Crippen LogP contribution is -2.34. The van der Waals surface area contributed by atoms with Gasteiger partial charge in [0, 0.05) is 13.1 Å². The van der Waals surface area contributed by atoms with E-state index in [9.17, 15) is 4.39 Å². The van der Waals surface area contributed by atoms with Gasteiger partial charge in [-0.1, -0.05) is 0 Å². The monoisotopic (exact) mass is 297 g/mol. The molecule has 1 aliphatic rings. The summed E-state index contributed by atoms with van der Waals surface area (Å²) in [6.45, 7) is 2.10. The van der Waals surface area contributed by atoms with Gasteiger partial charge in [-0.2, -0.15) is 5.26 Å². The molecule has 1 fully saturated rings. The zero-order valence-corrected chi connectivity index (χ0v) is 11.0. The predicted octanol–water partition coefficient (Wildman–Crippen LogP) is 2.72. The summed E-state index contributed by atoms with van der Waals surface area (Å²) in [7, 11) is 0. The third-order valence-corrected chi connectivity index (χ3v) is 3.39. The van der Waals surface area contributed by atoms with Crippen molar-refractivity contribution in [3.8, 4) is 6.07 Å². The number of rotatable bonds is 2. The molecule has 0 bridgehead atoms. The van der Waals surface area contributed by atoms with Crippen molar-refractivity contribution >= 4 is 15.9 Å². The lowest BCUT2D eigenvalue weighted by Gasteiger charge is -2.29. The summed E-state index contributed by atoms with van der Waals surface area (Å²) in [5.41, 5.74) is 0.443. The molecule has 0 amide bonds. The van der Waals surface area contributed by atoms with Crippen molar-refractivity contribution < 1.29 is 4.39 Å². The first-order valence-corrected chi connectivity index (χ1v) is 6.41. The van der Waals surface area contributed by atoms with E-state index < -0.39 is 0 Å². The molecule has 1 unspecified atom stereocenters. The van der Waals surface area contributed by atoms with Crippen LogP contribution in [0.25, 0.3) is 0 Å². The molecule has 1 atom stereocenters. The molecule has 1 aromatic rings. The molecule has 90 valence electrons. The minimum atomic E-state index is -0.285. The second-order valence-corrected chi connectivity index (χ2v) is 5.08. The number of nitriles is 1. The van der Waals surface area contributed by atoms with Gasteiger partial charge in [0.15, 0.2) is 0 Å². The standard InChI is InChI=1S/C12H13BrFN3/c13-12-4-3-10(14)11(16-12)8-17-5-1-2-9(6-15)7-17/h3-4,9H,1-2,5,7-8H2. The van der Waals surface area contributed by atoms with E-state index in [-0.39, 0.29) is 11.7 Å². The smallest absolute Gasteiger partial charge is 0.146 e. The Morgan fingerprint density at radius 1 is 1.59 bits per heavy atom. The van der Waals surface area contributed by atoms with Crippen LogP contribution in [-0.2, 0) is 6.54 Å². The van der Waals surface area contributed by atoms with Crippen LogP contribution in [0.4, 0.5) is 4.39 Å². The molecule has 1 aromatic heterocycles. The summed E-state index contributed by atoms with van der Waals surface area (Å²) in [6, 6.07) is 5.29. The van der Waals surface area contributed by atoms with Crippen molar-refractivity contribution in [3.05, 3.63) is 28.2 Å². The number of piperidine rings is 1. The van der Waals surface area contributed by atoms with Crippen LogP contribution in [0.2, 0.25) is 0 Å². The number of aromatic nitrogens is 1. The summed E-state index contributed by atoms with van der Waals surface area (Å²) in [5.74, 6) is -0.216. The highest BCUT2D eigenvalue weighted by molar-refractivity contribution is 9.10. The first-order chi connectivity index (χ1) is 8.19. The Kier molecular flexibility index (Phi) is 4.08. The van der Waals surface area contributed by atoms with Crippen molar-refractivity contribution in [1.29, 1.82) is 5.26 Å². The summed E-state index contributed by atoms with van der Waals surface area (Å²) in [6.07, 6.45) is 1.94. The van der Waals surface area contributed by atoms with E-state index in [0.29, 0.717) is 23.4 Å². The molecule has 5 heteroatoms. The maximum Gasteiger partial charge on any atom is 0.146 e. The van der Waals surface area contributed by atoms with Gasteiger partial charge in [0.05, 0.1) is 17.7 Å². The van der Waals surface area contributed by atoms with E-state index >= 15 is 0 Å². The van der Waals surface area contributed by atoms with Crippen LogP contribution in [0.3, 0.4) is 0 Å². The van der Waals surface area contributed by atoms with Gasteiger partial charge >= 0.3 is 0 Å². The Hall–Kier alpha value is -0.990. The highest BCUT2D eigenvalue weighted by Crippen LogP contribution is 2.19. The molecule has 1 saturated heterocycles. The number of nitrogens with zero attached hydrogens (tertiary/aromatic N) is 3. The fraction of sp³-hybridized carbons (Fsp3) is 0.500. The summed E-state index contributed by atoms with van der Waals surface area (Å²) in [5, 5.41) is 8.90. The topological polar surface area (TPSA) is 39.9 Å². The van der Waals surface area contributed by atoms with Gasteiger partial charge in [-0.05, 0) is 47.4 Å². The van der Waals surface area contributed by atoms with Crippen LogP contribution in [0.5, 0.6) is 0 Å². The predicted molar refractivity (Wildman–Crippen MR) is 65.5 cm³/mol. The quantitative estimate of drug-likeness (QED) is 0.788. The molecule has 0 radical (unpaired) electrons. The van der Waals surface area contributed by atoms with E-state index in [0.717, 1.165) is 19.4 Å². The van der Waals surface area contributed by atoms with Crippen molar-refractivity contribution in [3.63, 3.8) is 0 Å². The van der Waals surface area contributed by atoms with Crippen molar-refractivity contribution in [2.24, 2.45) is 5.92 Å². The Labute approximate surface area is 108 Å². The summed E-state index contributed by atoms with van der Waals surface area (Å²) in [4.78, 5) is 6.23. The molecule has 0 N–H and O–H groups in total. The van der Waals surface area contributed by atoms with Gasteiger partial charge in [0.25, 0.3) is 0 Å². The van der Waals surface area contributed by atoms with Gasteiger partial charge in [0.2, 0.25) is 0 Å². The molecule has 17 heavy (non-hydrogen) atoms. The maximum absolute atomic E-state index is 13.5. The molecule has 0 spiro atoms. The largest absolute Gasteiger partial charge is 0.296 e. The first kappa shape index (κ1) is 12.5. The van der Waals surface area contributed by atoms with E-state index in [4.69, 9.17) is 5.26 Å². The number of hydrogen-bond acceptors (Lipinski definition) is 3. The minimum Gasteiger partial charge on any atom is -0.296 e. The normalized spacial score (nSPS) is 21.1. The fourth-order valence-electron chi connectivity index (χ4n) is 2.08. The lowest BCUT2D eigenvalue weighted by atomic mass is 9.99. The van der Waals surface area contributed by atoms with Gasteiger partial charge in [0.1, 0.15) is 10.4 Å². The number of likely N-dealkylation sites (tertiary alicyclic amines) is 1. The Bertz CT molecular complexity index is 444. The fourth-order valence-corrected chi connectivity index (χ4v) is 2.43. The van der Waals surface area contributed by atoms with E-state index in [1.165, 1.54) is 6.07 Å². The van der Waals surface area contributed by atoms with Crippen molar-refractivity contribution in [2.75, 3.05) is 13.1 Å². The molecular weight excluding hydrogens is 285 g/mol. The zero-order chi connectivity index (χ0) is 12.3. The molecule has 0 aromatic carbocycles. The highest BCUT2D eigenvalue weighted by atomic mass is 79.9.